The Morgan fingerprint density at radius 2 is 1.89 bits per heavy atom. The van der Waals surface area contributed by atoms with Gasteiger partial charge in [-0.25, -0.2) is 4.98 Å². The molecule has 4 aromatic rings. The zero-order valence-electron chi connectivity index (χ0n) is 19.3. The highest BCUT2D eigenvalue weighted by atomic mass is 35.5. The third kappa shape index (κ3) is 4.11. The van der Waals surface area contributed by atoms with E-state index < -0.39 is 17.7 Å². The van der Waals surface area contributed by atoms with Crippen LogP contribution in [0.2, 0.25) is 5.02 Å². The number of aliphatic hydroxyl groups excluding tert-OH is 1. The summed E-state index contributed by atoms with van der Waals surface area (Å²) in [4.78, 5) is 36.9. The second kappa shape index (κ2) is 8.59. The molecular formula is C27H22ClN3O3S. The Balaban J connectivity index is 1.70. The molecule has 1 N–H and O–H groups in total. The normalized spacial score (nSPS) is 17.9. The van der Waals surface area contributed by atoms with E-state index >= 15 is 0 Å². The van der Waals surface area contributed by atoms with Crippen LogP contribution in [0, 0.1) is 0 Å². The van der Waals surface area contributed by atoms with Crippen molar-refractivity contribution in [2.45, 2.75) is 32.2 Å². The van der Waals surface area contributed by atoms with Crippen LogP contribution in [-0.2, 0) is 15.0 Å². The van der Waals surface area contributed by atoms with Crippen molar-refractivity contribution >= 4 is 55.7 Å². The largest absolute Gasteiger partial charge is 0.507 e. The molecule has 1 fully saturated rings. The van der Waals surface area contributed by atoms with Crippen molar-refractivity contribution in [2.75, 3.05) is 4.90 Å². The number of nitrogens with zero attached hydrogens (tertiary/aromatic N) is 3. The highest BCUT2D eigenvalue weighted by Crippen LogP contribution is 2.44. The van der Waals surface area contributed by atoms with Gasteiger partial charge >= 0.3 is 5.91 Å². The molecule has 2 aromatic heterocycles. The number of anilines is 1. The Morgan fingerprint density at radius 1 is 1.09 bits per heavy atom. The monoisotopic (exact) mass is 503 g/mol. The van der Waals surface area contributed by atoms with Gasteiger partial charge in [-0.15, -0.1) is 0 Å². The summed E-state index contributed by atoms with van der Waals surface area (Å²) in [5, 5.41) is 12.0. The fourth-order valence-corrected chi connectivity index (χ4v) is 5.38. The molecule has 35 heavy (non-hydrogen) atoms. The molecule has 1 aliphatic rings. The Kier molecular flexibility index (Phi) is 5.69. The standard InChI is InChI=1S/C27H22ClN3O3S/c1-27(2,3)17-9-10-19-20(13-17)35-26(30-19)31-22(16-7-5-11-29-14-16)21(24(33)25(31)34)23(32)15-6-4-8-18(28)12-15/h4-14,22,32H,1-3H3/b23-21+. The van der Waals surface area contributed by atoms with E-state index in [1.807, 2.05) is 12.1 Å². The third-order valence-corrected chi connectivity index (χ3v) is 7.24. The number of carbonyl (C=O) groups excluding carboxylic acids is 2. The van der Waals surface area contributed by atoms with Crippen LogP contribution in [0.15, 0.2) is 72.6 Å². The van der Waals surface area contributed by atoms with Crippen molar-refractivity contribution in [1.29, 1.82) is 0 Å². The van der Waals surface area contributed by atoms with Crippen molar-refractivity contribution < 1.29 is 14.7 Å². The quantitative estimate of drug-likeness (QED) is 0.202. The first-order valence-electron chi connectivity index (χ1n) is 11.0. The molecule has 1 aliphatic heterocycles. The number of carbonyl (C=O) groups is 2. The van der Waals surface area contributed by atoms with Crippen LogP contribution < -0.4 is 4.90 Å². The molecule has 176 valence electrons. The highest BCUT2D eigenvalue weighted by molar-refractivity contribution is 7.22. The van der Waals surface area contributed by atoms with E-state index in [0.717, 1.165) is 15.8 Å². The number of halogens is 1. The van der Waals surface area contributed by atoms with Crippen molar-refractivity contribution in [3.63, 3.8) is 0 Å². The number of thiazole rings is 1. The molecule has 0 aliphatic carbocycles. The summed E-state index contributed by atoms with van der Waals surface area (Å²) in [5.74, 6) is -1.83. The Morgan fingerprint density at radius 3 is 2.57 bits per heavy atom. The maximum absolute atomic E-state index is 13.4. The summed E-state index contributed by atoms with van der Waals surface area (Å²) in [7, 11) is 0. The predicted octanol–water partition coefficient (Wildman–Crippen LogP) is 6.27. The van der Waals surface area contributed by atoms with Gasteiger partial charge < -0.3 is 5.11 Å². The number of hydrogen-bond acceptors (Lipinski definition) is 6. The van der Waals surface area contributed by atoms with Gasteiger partial charge in [-0.05, 0) is 46.9 Å². The van der Waals surface area contributed by atoms with Gasteiger partial charge in [0.05, 0.1) is 21.8 Å². The number of benzene rings is 2. The summed E-state index contributed by atoms with van der Waals surface area (Å²) < 4.78 is 0.911. The van der Waals surface area contributed by atoms with Crippen molar-refractivity contribution in [2.24, 2.45) is 0 Å². The van der Waals surface area contributed by atoms with Crippen LogP contribution in [0.4, 0.5) is 5.13 Å². The van der Waals surface area contributed by atoms with Gasteiger partial charge in [0.25, 0.3) is 5.78 Å². The number of Topliss-reactive ketones (excluding diaryl/α,β-unsaturated/α-hetero) is 1. The van der Waals surface area contributed by atoms with Gasteiger partial charge in [0.1, 0.15) is 5.76 Å². The summed E-state index contributed by atoms with van der Waals surface area (Å²) in [6.07, 6.45) is 3.19. The maximum Gasteiger partial charge on any atom is 0.301 e. The van der Waals surface area contributed by atoms with Gasteiger partial charge in [0.2, 0.25) is 0 Å². The second-order valence-electron chi connectivity index (χ2n) is 9.39. The number of ketones is 1. The van der Waals surface area contributed by atoms with Crippen LogP contribution in [0.25, 0.3) is 16.0 Å². The molecular weight excluding hydrogens is 482 g/mol. The maximum atomic E-state index is 13.4. The fourth-order valence-electron chi connectivity index (χ4n) is 4.16. The Labute approximate surface area is 211 Å². The molecule has 5 rings (SSSR count). The van der Waals surface area contributed by atoms with Crippen LogP contribution in [0.5, 0.6) is 0 Å². The number of fused-ring (bicyclic) bond motifs is 1. The average molecular weight is 504 g/mol. The Bertz CT molecular complexity index is 1510. The van der Waals surface area contributed by atoms with E-state index in [2.05, 4.69) is 36.8 Å². The lowest BCUT2D eigenvalue weighted by atomic mass is 9.87. The zero-order valence-corrected chi connectivity index (χ0v) is 20.9. The molecule has 0 saturated carbocycles. The van der Waals surface area contributed by atoms with Gasteiger partial charge in [0.15, 0.2) is 5.13 Å². The fraction of sp³-hybridized carbons (Fsp3) is 0.185. The Hall–Kier alpha value is -3.55. The SMILES string of the molecule is CC(C)(C)c1ccc2nc(N3C(=O)C(=O)/C(=C(/O)c4cccc(Cl)c4)C3c3cccnc3)sc2c1. The van der Waals surface area contributed by atoms with Gasteiger partial charge in [-0.2, -0.15) is 0 Å². The molecule has 3 heterocycles. The summed E-state index contributed by atoms with van der Waals surface area (Å²) in [6, 6.07) is 15.2. The van der Waals surface area contributed by atoms with Crippen LogP contribution >= 0.6 is 22.9 Å². The average Bonchev–Trinajstić information content (AvgIpc) is 3.36. The number of aromatic nitrogens is 2. The summed E-state index contributed by atoms with van der Waals surface area (Å²) >= 11 is 7.45. The number of aliphatic hydroxyl groups is 1. The third-order valence-electron chi connectivity index (χ3n) is 5.99. The molecule has 0 spiro atoms. The molecule has 1 unspecified atom stereocenters. The van der Waals surface area contributed by atoms with Crippen molar-refractivity contribution in [3.8, 4) is 0 Å². The number of hydrogen-bond donors (Lipinski definition) is 1. The predicted molar refractivity (Wildman–Crippen MR) is 139 cm³/mol. The number of amides is 1. The van der Waals surface area contributed by atoms with E-state index in [1.54, 1.807) is 48.8 Å². The lowest BCUT2D eigenvalue weighted by Crippen LogP contribution is -2.29. The van der Waals surface area contributed by atoms with E-state index in [-0.39, 0.29) is 16.7 Å². The lowest BCUT2D eigenvalue weighted by molar-refractivity contribution is -0.132. The van der Waals surface area contributed by atoms with Crippen LogP contribution in [-0.4, -0.2) is 26.8 Å². The zero-order chi connectivity index (χ0) is 24.9. The summed E-state index contributed by atoms with van der Waals surface area (Å²) in [5.41, 5.74) is 2.74. The van der Waals surface area contributed by atoms with Crippen molar-refractivity contribution in [3.05, 3.63) is 94.3 Å². The molecule has 0 radical (unpaired) electrons. The minimum absolute atomic E-state index is 0.0279. The molecule has 0 bridgehead atoms. The lowest BCUT2D eigenvalue weighted by Gasteiger charge is -2.22. The van der Waals surface area contributed by atoms with E-state index in [9.17, 15) is 14.7 Å². The van der Waals surface area contributed by atoms with Crippen LogP contribution in [0.1, 0.15) is 43.5 Å². The van der Waals surface area contributed by atoms with Crippen LogP contribution in [0.3, 0.4) is 0 Å². The number of pyridine rings is 1. The second-order valence-corrected chi connectivity index (χ2v) is 10.8. The number of rotatable bonds is 3. The molecule has 6 nitrogen and oxygen atoms in total. The minimum atomic E-state index is -0.884. The molecule has 1 saturated heterocycles. The smallest absolute Gasteiger partial charge is 0.301 e. The molecule has 1 amide bonds. The first-order valence-corrected chi connectivity index (χ1v) is 12.2. The molecule has 8 heteroatoms. The molecule has 1 atom stereocenters. The first-order chi connectivity index (χ1) is 16.6. The van der Waals surface area contributed by atoms with E-state index in [4.69, 9.17) is 11.6 Å². The first kappa shape index (κ1) is 23.2. The van der Waals surface area contributed by atoms with Gasteiger partial charge in [0, 0.05) is 23.0 Å². The highest BCUT2D eigenvalue weighted by Gasteiger charge is 2.48. The topological polar surface area (TPSA) is 83.4 Å². The van der Waals surface area contributed by atoms with E-state index in [0.29, 0.717) is 21.3 Å². The van der Waals surface area contributed by atoms with Gasteiger partial charge in [-0.1, -0.05) is 68.0 Å². The van der Waals surface area contributed by atoms with Crippen molar-refractivity contribution in [1.82, 2.24) is 9.97 Å². The minimum Gasteiger partial charge on any atom is -0.507 e. The summed E-state index contributed by atoms with van der Waals surface area (Å²) in [6.45, 7) is 6.40. The van der Waals surface area contributed by atoms with E-state index in [1.165, 1.54) is 16.2 Å². The van der Waals surface area contributed by atoms with Gasteiger partial charge in [-0.3, -0.25) is 19.5 Å². The molecule has 2 aromatic carbocycles.